The maximum atomic E-state index is 8.55. The van der Waals surface area contributed by atoms with Gasteiger partial charge in [-0.1, -0.05) is 160 Å². The van der Waals surface area contributed by atoms with Gasteiger partial charge in [-0.2, -0.15) is 7.82 Å². The van der Waals surface area contributed by atoms with E-state index in [4.69, 9.17) is 19.2 Å². The minimum Gasteiger partial charge on any atom is -0.822 e. The highest BCUT2D eigenvalue weighted by Crippen LogP contribution is 2.21. The molecular formula is C60H132N3O4P. The molecule has 0 unspecified atom stereocenters. The third-order valence-corrected chi connectivity index (χ3v) is 14.8. The topological polar surface area (TPSA) is 86.2 Å². The molecule has 0 fully saturated rings. The maximum absolute atomic E-state index is 8.55. The smallest absolute Gasteiger partial charge is 0.0786 e. The Labute approximate surface area is 431 Å². The zero-order valence-corrected chi connectivity index (χ0v) is 50.3. The van der Waals surface area contributed by atoms with Crippen molar-refractivity contribution in [2.75, 3.05) is 78.5 Å². The molecule has 0 N–H and O–H groups in total. The van der Waals surface area contributed by atoms with E-state index in [0.29, 0.717) is 0 Å². The summed E-state index contributed by atoms with van der Waals surface area (Å²) in [4.78, 5) is 25.6. The number of phosphoric acid groups is 1. The second kappa shape index (κ2) is 56.3. The molecule has 0 saturated carbocycles. The van der Waals surface area contributed by atoms with Gasteiger partial charge in [0.2, 0.25) is 0 Å². The van der Waals surface area contributed by atoms with Crippen molar-refractivity contribution in [1.29, 1.82) is 0 Å². The summed E-state index contributed by atoms with van der Waals surface area (Å²) in [6.07, 6.45) is 50.8. The van der Waals surface area contributed by atoms with E-state index < -0.39 is 7.82 Å². The van der Waals surface area contributed by atoms with Crippen LogP contribution in [0.25, 0.3) is 0 Å². The van der Waals surface area contributed by atoms with Crippen LogP contribution >= 0.6 is 7.82 Å². The Balaban J connectivity index is -0.000000429. The third kappa shape index (κ3) is 53.8. The fraction of sp³-hybridized carbons (Fsp3) is 1.00. The summed E-state index contributed by atoms with van der Waals surface area (Å²) in [7, 11) is -5.39. The van der Waals surface area contributed by atoms with Gasteiger partial charge in [-0.25, -0.2) is 0 Å². The van der Waals surface area contributed by atoms with Crippen LogP contribution in [0.5, 0.6) is 0 Å². The van der Waals surface area contributed by atoms with Crippen molar-refractivity contribution < 1.29 is 32.7 Å². The van der Waals surface area contributed by atoms with E-state index in [1.54, 1.807) is 0 Å². The van der Waals surface area contributed by atoms with Crippen molar-refractivity contribution in [1.82, 2.24) is 0 Å². The summed E-state index contributed by atoms with van der Waals surface area (Å²) >= 11 is 0. The lowest BCUT2D eigenvalue weighted by Gasteiger charge is -2.39. The van der Waals surface area contributed by atoms with Gasteiger partial charge < -0.3 is 32.7 Å². The number of rotatable bonds is 48. The fourth-order valence-electron chi connectivity index (χ4n) is 10.4. The quantitative estimate of drug-likeness (QED) is 0.0345. The molecule has 0 heterocycles. The molecule has 7 nitrogen and oxygen atoms in total. The molecule has 0 spiro atoms. The average Bonchev–Trinajstić information content (AvgIpc) is 3.30. The van der Waals surface area contributed by atoms with Crippen LogP contribution in [0.15, 0.2) is 0 Å². The van der Waals surface area contributed by atoms with Crippen molar-refractivity contribution in [3.8, 4) is 0 Å². The lowest BCUT2D eigenvalue weighted by Crippen LogP contribution is -2.50. The van der Waals surface area contributed by atoms with Gasteiger partial charge in [-0.3, -0.25) is 0 Å². The van der Waals surface area contributed by atoms with Gasteiger partial charge in [0, 0.05) is 0 Å². The molecule has 0 aromatic carbocycles. The van der Waals surface area contributed by atoms with Gasteiger partial charge in [-0.15, -0.1) is 0 Å². The van der Waals surface area contributed by atoms with E-state index in [0.717, 1.165) is 0 Å². The molecule has 0 radical (unpaired) electrons. The van der Waals surface area contributed by atoms with E-state index in [9.17, 15) is 0 Å². The van der Waals surface area contributed by atoms with Crippen molar-refractivity contribution in [2.24, 2.45) is 0 Å². The summed E-state index contributed by atoms with van der Waals surface area (Å²) in [6.45, 7) is 45.4. The van der Waals surface area contributed by atoms with Crippen molar-refractivity contribution >= 4 is 7.82 Å². The Morgan fingerprint density at radius 3 is 0.338 bits per heavy atom. The van der Waals surface area contributed by atoms with E-state index in [-0.39, 0.29) is 0 Å². The molecule has 0 bridgehead atoms. The van der Waals surface area contributed by atoms with Crippen molar-refractivity contribution in [2.45, 2.75) is 314 Å². The first-order valence-electron chi connectivity index (χ1n) is 31.0. The second-order valence-electron chi connectivity index (χ2n) is 21.6. The van der Waals surface area contributed by atoms with Gasteiger partial charge >= 0.3 is 0 Å². The molecule has 68 heavy (non-hydrogen) atoms. The monoisotopic (exact) mass is 990 g/mol. The predicted molar refractivity (Wildman–Crippen MR) is 301 cm³/mol. The molecule has 8 heteroatoms. The highest BCUT2D eigenvalue weighted by molar-refractivity contribution is 7.40. The number of quaternary nitrogens is 3. The molecule has 0 rings (SSSR count). The van der Waals surface area contributed by atoms with Crippen LogP contribution < -0.4 is 14.7 Å². The number of hydrogen-bond acceptors (Lipinski definition) is 4. The molecule has 0 aromatic rings. The second-order valence-corrected chi connectivity index (χ2v) is 22.5. The molecule has 0 aliphatic carbocycles. The summed E-state index contributed by atoms with van der Waals surface area (Å²) < 4.78 is 12.9. The number of hydrogen-bond donors (Lipinski definition) is 0. The first kappa shape index (κ1) is 74.5. The van der Waals surface area contributed by atoms with E-state index in [1.807, 2.05) is 0 Å². The first-order chi connectivity index (χ1) is 32.7. The molecule has 416 valence electrons. The zero-order valence-electron chi connectivity index (χ0n) is 49.4. The highest BCUT2D eigenvalue weighted by atomic mass is 31.2. The highest BCUT2D eigenvalue weighted by Gasteiger charge is 2.27. The van der Waals surface area contributed by atoms with Crippen molar-refractivity contribution in [3.63, 3.8) is 0 Å². The molecule has 0 aromatic heterocycles. The van der Waals surface area contributed by atoms with E-state index in [2.05, 4.69) is 83.1 Å². The normalized spacial score (nSPS) is 12.0. The Morgan fingerprint density at radius 2 is 0.279 bits per heavy atom. The van der Waals surface area contributed by atoms with Gasteiger partial charge in [0.25, 0.3) is 0 Å². The maximum Gasteiger partial charge on any atom is 0.0786 e. The molecule has 0 aliphatic rings. The van der Waals surface area contributed by atoms with Gasteiger partial charge in [-0.05, 0) is 154 Å². The summed E-state index contributed by atoms with van der Waals surface area (Å²) in [6, 6.07) is 0. The van der Waals surface area contributed by atoms with Crippen LogP contribution in [0.2, 0.25) is 0 Å². The SMILES string of the molecule is CCCCC[N+](CCCCC)(CCCCC)CCCCC.CCCCC[N+](CCCCC)(CCCCC)CCCCC.CCCCC[N+](CCCCC)(CCCCC)CCCCC.O=P([O-])([O-])[O-]. The number of unbranched alkanes of at least 4 members (excludes halogenated alkanes) is 24. The summed E-state index contributed by atoms with van der Waals surface area (Å²) in [5.41, 5.74) is 0. The third-order valence-electron chi connectivity index (χ3n) is 14.8. The van der Waals surface area contributed by atoms with E-state index in [1.165, 1.54) is 323 Å². The van der Waals surface area contributed by atoms with Crippen LogP contribution in [0.4, 0.5) is 0 Å². The van der Waals surface area contributed by atoms with Gasteiger partial charge in [0.15, 0.2) is 0 Å². The zero-order chi connectivity index (χ0) is 51.9. The molecular weight excluding hydrogens is 858 g/mol. The Kier molecular flexibility index (Phi) is 61.7. The predicted octanol–water partition coefficient (Wildman–Crippen LogP) is 16.9. The van der Waals surface area contributed by atoms with E-state index >= 15 is 0 Å². The minimum absolute atomic E-state index is 1.36. The minimum atomic E-state index is -5.39. The van der Waals surface area contributed by atoms with Crippen LogP contribution in [0.3, 0.4) is 0 Å². The largest absolute Gasteiger partial charge is 0.822 e. The molecule has 0 amide bonds. The lowest BCUT2D eigenvalue weighted by atomic mass is 10.1. The lowest BCUT2D eigenvalue weighted by molar-refractivity contribution is -0.929. The first-order valence-corrected chi connectivity index (χ1v) is 32.5. The van der Waals surface area contributed by atoms with Crippen LogP contribution in [-0.2, 0) is 4.57 Å². The fourth-order valence-corrected chi connectivity index (χ4v) is 10.4. The molecule has 0 atom stereocenters. The summed E-state index contributed by atoms with van der Waals surface area (Å²) in [5, 5.41) is 0. The van der Waals surface area contributed by atoms with Gasteiger partial charge in [0.1, 0.15) is 0 Å². The average molecular weight is 991 g/mol. The van der Waals surface area contributed by atoms with Crippen LogP contribution in [-0.4, -0.2) is 92.0 Å². The van der Waals surface area contributed by atoms with Crippen LogP contribution in [0, 0.1) is 0 Å². The number of nitrogens with zero attached hydrogens (tertiary/aromatic N) is 3. The Morgan fingerprint density at radius 1 is 0.206 bits per heavy atom. The standard InChI is InChI=1S/3C20H44N.H3O4P/c3*1-5-9-13-17-21(18-14-10-6-2,19-15-11-7-3)20-16-12-8-4;1-5(2,3)4/h3*5-20H2,1-4H3;(H3,1,2,3,4)/q3*+1;/p-3. The van der Waals surface area contributed by atoms with Crippen LogP contribution in [0.1, 0.15) is 314 Å². The Bertz CT molecular complexity index is 729. The van der Waals surface area contributed by atoms with Crippen molar-refractivity contribution in [3.05, 3.63) is 0 Å². The Hall–Kier alpha value is -0.0100. The molecule has 0 aliphatic heterocycles. The van der Waals surface area contributed by atoms with Gasteiger partial charge in [0.05, 0.1) is 78.5 Å². The summed E-state index contributed by atoms with van der Waals surface area (Å²) in [5.74, 6) is 0. The molecule has 0 saturated heterocycles.